The number of hydrogen-bond donors (Lipinski definition) is 0. The van der Waals surface area contributed by atoms with E-state index in [0.717, 1.165) is 44.3 Å². The quantitative estimate of drug-likeness (QED) is 0.219. The maximum Gasteiger partial charge on any atom is 0.0991 e. The highest BCUT2D eigenvalue weighted by Crippen LogP contribution is 2.51. The Morgan fingerprint density at radius 1 is 0.535 bits per heavy atom. The van der Waals surface area contributed by atoms with Gasteiger partial charge in [0.1, 0.15) is 0 Å². The van der Waals surface area contributed by atoms with Crippen molar-refractivity contribution in [1.82, 2.24) is 4.57 Å². The van der Waals surface area contributed by atoms with Crippen LogP contribution < -0.4 is 4.90 Å². The Bertz CT molecular complexity index is 2180. The van der Waals surface area contributed by atoms with Crippen molar-refractivity contribution in [2.75, 3.05) is 4.90 Å². The van der Waals surface area contributed by atoms with E-state index in [-0.39, 0.29) is 5.41 Å². The molecule has 0 atom stereocenters. The molecule has 3 heteroatoms. The third-order valence-electron chi connectivity index (χ3n) is 9.00. The van der Waals surface area contributed by atoms with Gasteiger partial charge in [-0.2, -0.15) is 5.26 Å². The molecule has 0 saturated carbocycles. The van der Waals surface area contributed by atoms with Crippen molar-refractivity contribution in [2.24, 2.45) is 0 Å². The van der Waals surface area contributed by atoms with E-state index in [1.807, 2.05) is 12.1 Å². The van der Waals surface area contributed by atoms with Crippen LogP contribution in [0.5, 0.6) is 0 Å². The van der Waals surface area contributed by atoms with Crippen LogP contribution in [0.3, 0.4) is 0 Å². The average molecular weight is 552 g/mol. The molecule has 6 aromatic carbocycles. The number of nitriles is 1. The van der Waals surface area contributed by atoms with E-state index in [1.165, 1.54) is 22.5 Å². The summed E-state index contributed by atoms with van der Waals surface area (Å²) in [5, 5.41) is 11.8. The first-order valence-corrected chi connectivity index (χ1v) is 14.7. The van der Waals surface area contributed by atoms with Crippen LogP contribution in [-0.2, 0) is 5.41 Å². The maximum absolute atomic E-state index is 9.52. The summed E-state index contributed by atoms with van der Waals surface area (Å²) in [6, 6.07) is 51.8. The molecule has 2 heterocycles. The first-order valence-electron chi connectivity index (χ1n) is 14.7. The van der Waals surface area contributed by atoms with E-state index in [1.54, 1.807) is 0 Å². The van der Waals surface area contributed by atoms with E-state index < -0.39 is 0 Å². The lowest BCUT2D eigenvalue weighted by Crippen LogP contribution is -2.30. The van der Waals surface area contributed by atoms with Gasteiger partial charge in [-0.3, -0.25) is 0 Å². The number of aromatic nitrogens is 1. The molecule has 0 fully saturated rings. The predicted octanol–water partition coefficient (Wildman–Crippen LogP) is 10.4. The largest absolute Gasteiger partial charge is 0.310 e. The van der Waals surface area contributed by atoms with Crippen LogP contribution in [0.1, 0.15) is 30.5 Å². The van der Waals surface area contributed by atoms with E-state index >= 15 is 0 Å². The smallest absolute Gasteiger partial charge is 0.0991 e. The fraction of sp³-hybridized carbons (Fsp3) is 0.0750. The Hall–Kier alpha value is -5.59. The second kappa shape index (κ2) is 9.48. The third-order valence-corrected chi connectivity index (χ3v) is 9.00. The fourth-order valence-electron chi connectivity index (χ4n) is 6.90. The lowest BCUT2D eigenvalue weighted by molar-refractivity contribution is 0.632. The van der Waals surface area contributed by atoms with Crippen molar-refractivity contribution in [3.63, 3.8) is 0 Å². The molecule has 1 aromatic heterocycles. The molecule has 3 nitrogen and oxygen atoms in total. The summed E-state index contributed by atoms with van der Waals surface area (Å²) >= 11 is 0. The molecule has 0 unspecified atom stereocenters. The highest BCUT2D eigenvalue weighted by molar-refractivity contribution is 6.09. The number of benzene rings is 6. The third kappa shape index (κ3) is 3.81. The zero-order chi connectivity index (χ0) is 29.1. The summed E-state index contributed by atoms with van der Waals surface area (Å²) < 4.78 is 2.30. The topological polar surface area (TPSA) is 32.0 Å². The van der Waals surface area contributed by atoms with Gasteiger partial charge in [-0.15, -0.1) is 0 Å². The van der Waals surface area contributed by atoms with Crippen LogP contribution in [-0.4, -0.2) is 4.57 Å². The van der Waals surface area contributed by atoms with Crippen LogP contribution in [0.4, 0.5) is 17.1 Å². The van der Waals surface area contributed by atoms with Gasteiger partial charge in [0.25, 0.3) is 0 Å². The number of fused-ring (bicyclic) bond motifs is 5. The van der Waals surface area contributed by atoms with E-state index in [2.05, 4.69) is 157 Å². The Kier molecular flexibility index (Phi) is 5.54. The molecular formula is C40H29N3. The van der Waals surface area contributed by atoms with Crippen LogP contribution in [0.15, 0.2) is 140 Å². The molecule has 0 amide bonds. The summed E-state index contributed by atoms with van der Waals surface area (Å²) in [4.78, 5) is 2.39. The summed E-state index contributed by atoms with van der Waals surface area (Å²) in [5.41, 5.74) is 12.5. The molecule has 204 valence electrons. The predicted molar refractivity (Wildman–Crippen MR) is 178 cm³/mol. The minimum absolute atomic E-state index is 0.0763. The van der Waals surface area contributed by atoms with Gasteiger partial charge in [0.05, 0.1) is 34.0 Å². The molecule has 0 spiro atoms. The number of para-hydroxylation sites is 3. The molecule has 8 rings (SSSR count). The van der Waals surface area contributed by atoms with E-state index in [9.17, 15) is 5.26 Å². The minimum atomic E-state index is -0.0763. The molecule has 0 radical (unpaired) electrons. The Labute approximate surface area is 251 Å². The SMILES string of the molecule is CC1(C)c2ccccc2N(c2ccc(-c3cccc(-n4c5ccccc5c5cc(C#N)ccc54)c3)cc2)c2ccccc21. The maximum atomic E-state index is 9.52. The number of hydrogen-bond acceptors (Lipinski definition) is 2. The Morgan fingerprint density at radius 3 is 1.91 bits per heavy atom. The standard InChI is InChI=1S/C40H29N3/c1-40(2)34-13-4-7-16-38(34)42(39-17-8-5-14-35(39)40)30-21-19-28(20-22-30)29-10-9-11-31(25-29)43-36-15-6-3-12-32(36)33-24-27(26-41)18-23-37(33)43/h3-25H,1-2H3. The molecule has 1 aliphatic rings. The van der Waals surface area contributed by atoms with E-state index in [0.29, 0.717) is 5.56 Å². The lowest BCUT2D eigenvalue weighted by Gasteiger charge is -2.42. The van der Waals surface area contributed by atoms with Gasteiger partial charge < -0.3 is 9.47 Å². The van der Waals surface area contributed by atoms with Gasteiger partial charge >= 0.3 is 0 Å². The Balaban J connectivity index is 1.22. The van der Waals surface area contributed by atoms with Crippen molar-refractivity contribution < 1.29 is 0 Å². The van der Waals surface area contributed by atoms with Crippen LogP contribution in [0, 0.1) is 11.3 Å². The van der Waals surface area contributed by atoms with Crippen LogP contribution in [0.25, 0.3) is 38.6 Å². The van der Waals surface area contributed by atoms with Gasteiger partial charge in [0, 0.05) is 27.6 Å². The van der Waals surface area contributed by atoms with Crippen molar-refractivity contribution in [3.05, 3.63) is 156 Å². The number of anilines is 3. The van der Waals surface area contributed by atoms with Crippen molar-refractivity contribution in [1.29, 1.82) is 5.26 Å². The highest BCUT2D eigenvalue weighted by atomic mass is 15.2. The van der Waals surface area contributed by atoms with Gasteiger partial charge in [-0.25, -0.2) is 0 Å². The summed E-state index contributed by atoms with van der Waals surface area (Å²) in [6.07, 6.45) is 0. The fourth-order valence-corrected chi connectivity index (χ4v) is 6.90. The second-order valence-corrected chi connectivity index (χ2v) is 11.8. The Morgan fingerprint density at radius 2 is 1.19 bits per heavy atom. The van der Waals surface area contributed by atoms with Crippen LogP contribution >= 0.6 is 0 Å². The average Bonchev–Trinajstić information content (AvgIpc) is 3.39. The van der Waals surface area contributed by atoms with Gasteiger partial charge in [-0.05, 0) is 82.9 Å². The second-order valence-electron chi connectivity index (χ2n) is 11.8. The molecule has 1 aliphatic heterocycles. The minimum Gasteiger partial charge on any atom is -0.310 e. The number of rotatable bonds is 3. The molecule has 0 aliphatic carbocycles. The molecular weight excluding hydrogens is 522 g/mol. The lowest BCUT2D eigenvalue weighted by atomic mass is 9.73. The van der Waals surface area contributed by atoms with Crippen molar-refractivity contribution in [3.8, 4) is 22.9 Å². The monoisotopic (exact) mass is 551 g/mol. The first-order chi connectivity index (χ1) is 21.0. The molecule has 0 bridgehead atoms. The van der Waals surface area contributed by atoms with Gasteiger partial charge in [0.2, 0.25) is 0 Å². The summed E-state index contributed by atoms with van der Waals surface area (Å²) in [7, 11) is 0. The van der Waals surface area contributed by atoms with Gasteiger partial charge in [0.15, 0.2) is 0 Å². The normalized spacial score (nSPS) is 13.5. The number of nitrogens with zero attached hydrogens (tertiary/aromatic N) is 3. The molecule has 7 aromatic rings. The summed E-state index contributed by atoms with van der Waals surface area (Å²) in [5.74, 6) is 0. The molecule has 0 N–H and O–H groups in total. The van der Waals surface area contributed by atoms with Crippen LogP contribution in [0.2, 0.25) is 0 Å². The molecule has 0 saturated heterocycles. The zero-order valence-corrected chi connectivity index (χ0v) is 24.1. The molecule has 43 heavy (non-hydrogen) atoms. The zero-order valence-electron chi connectivity index (χ0n) is 24.1. The van der Waals surface area contributed by atoms with E-state index in [4.69, 9.17) is 0 Å². The van der Waals surface area contributed by atoms with Gasteiger partial charge in [-0.1, -0.05) is 92.7 Å². The van der Waals surface area contributed by atoms with Crippen molar-refractivity contribution in [2.45, 2.75) is 19.3 Å². The first kappa shape index (κ1) is 25.1. The van der Waals surface area contributed by atoms with Crippen molar-refractivity contribution >= 4 is 38.9 Å². The highest BCUT2D eigenvalue weighted by Gasteiger charge is 2.36. The summed E-state index contributed by atoms with van der Waals surface area (Å²) in [6.45, 7) is 4.63.